The Morgan fingerprint density at radius 3 is 3.08 bits per heavy atom. The van der Waals surface area contributed by atoms with Crippen LogP contribution in [-0.4, -0.2) is 54.8 Å². The normalized spacial score (nSPS) is 19.7. The summed E-state index contributed by atoms with van der Waals surface area (Å²) in [5.41, 5.74) is 1.18. The van der Waals surface area contributed by atoms with Crippen LogP contribution in [0.2, 0.25) is 0 Å². The summed E-state index contributed by atoms with van der Waals surface area (Å²) in [6, 6.07) is 7.97. The number of nitrogens with zero attached hydrogens (tertiary/aromatic N) is 1. The number of hydrogen-bond acceptors (Lipinski definition) is 4. The van der Waals surface area contributed by atoms with Crippen molar-refractivity contribution in [2.24, 2.45) is 5.92 Å². The predicted octanol–water partition coefficient (Wildman–Crippen LogP) is 1.97. The average Bonchev–Trinajstić information content (AvgIpc) is 2.55. The van der Waals surface area contributed by atoms with Crippen LogP contribution in [-0.2, 0) is 4.79 Å². The molecule has 0 aromatic heterocycles. The zero-order valence-electron chi connectivity index (χ0n) is 14.8. The number of nitrogens with one attached hydrogen (secondary N) is 1. The second kappa shape index (κ2) is 9.64. The predicted molar refractivity (Wildman–Crippen MR) is 95.1 cm³/mol. The maximum Gasteiger partial charge on any atom is 0.234 e. The average molecular weight is 334 g/mol. The third kappa shape index (κ3) is 6.49. The molecule has 2 N–H and O–H groups in total. The molecule has 1 aliphatic heterocycles. The number of benzene rings is 1. The molecule has 1 aliphatic rings. The van der Waals surface area contributed by atoms with Gasteiger partial charge in [0.1, 0.15) is 5.75 Å². The Morgan fingerprint density at radius 2 is 2.33 bits per heavy atom. The summed E-state index contributed by atoms with van der Waals surface area (Å²) >= 11 is 0. The number of carbonyl (C=O) groups is 1. The Balaban J connectivity index is 1.58. The van der Waals surface area contributed by atoms with E-state index in [-0.39, 0.29) is 17.9 Å². The number of piperidine rings is 1. The SMILES string of the molecule is Cc1cccc(OCCCNC(=O)CN2CCCC(C(C)O)C2)c1. The van der Waals surface area contributed by atoms with Gasteiger partial charge in [0.15, 0.2) is 0 Å². The van der Waals surface area contributed by atoms with E-state index in [2.05, 4.69) is 10.2 Å². The number of likely N-dealkylation sites (tertiary alicyclic amines) is 1. The van der Waals surface area contributed by atoms with Crippen LogP contribution in [0.5, 0.6) is 5.75 Å². The lowest BCUT2D eigenvalue weighted by Crippen LogP contribution is -2.44. The Morgan fingerprint density at radius 1 is 1.50 bits per heavy atom. The fourth-order valence-electron chi connectivity index (χ4n) is 3.08. The monoisotopic (exact) mass is 334 g/mol. The Kier molecular flexibility index (Phi) is 7.53. The molecule has 1 saturated heterocycles. The van der Waals surface area contributed by atoms with E-state index in [0.29, 0.717) is 19.7 Å². The number of amides is 1. The number of aliphatic hydroxyl groups is 1. The zero-order chi connectivity index (χ0) is 17.4. The number of aliphatic hydroxyl groups excluding tert-OH is 1. The second-order valence-corrected chi connectivity index (χ2v) is 6.75. The van der Waals surface area contributed by atoms with Gasteiger partial charge in [-0.1, -0.05) is 12.1 Å². The third-order valence-electron chi connectivity index (χ3n) is 4.49. The summed E-state index contributed by atoms with van der Waals surface area (Å²) in [7, 11) is 0. The van der Waals surface area contributed by atoms with Crippen LogP contribution in [0.15, 0.2) is 24.3 Å². The highest BCUT2D eigenvalue weighted by Gasteiger charge is 2.24. The molecule has 2 rings (SSSR count). The lowest BCUT2D eigenvalue weighted by Gasteiger charge is -2.33. The van der Waals surface area contributed by atoms with Crippen LogP contribution >= 0.6 is 0 Å². The minimum atomic E-state index is -0.297. The third-order valence-corrected chi connectivity index (χ3v) is 4.49. The molecule has 5 heteroatoms. The zero-order valence-corrected chi connectivity index (χ0v) is 14.8. The van der Waals surface area contributed by atoms with Crippen molar-refractivity contribution in [1.82, 2.24) is 10.2 Å². The van der Waals surface area contributed by atoms with Gasteiger partial charge in [0.2, 0.25) is 5.91 Å². The van der Waals surface area contributed by atoms with Crippen LogP contribution < -0.4 is 10.1 Å². The van der Waals surface area contributed by atoms with E-state index in [4.69, 9.17) is 4.74 Å². The van der Waals surface area contributed by atoms with Gasteiger partial charge in [-0.3, -0.25) is 9.69 Å². The molecule has 1 aromatic carbocycles. The molecule has 0 radical (unpaired) electrons. The van der Waals surface area contributed by atoms with Crippen LogP contribution in [0.3, 0.4) is 0 Å². The standard InChI is InChI=1S/C19H30N2O3/c1-15-6-3-8-18(12-15)24-11-5-9-20-19(23)14-21-10-4-7-17(13-21)16(2)22/h3,6,8,12,16-17,22H,4-5,7,9-11,13-14H2,1-2H3,(H,20,23). The van der Waals surface area contributed by atoms with Crippen molar-refractivity contribution in [3.05, 3.63) is 29.8 Å². The molecule has 0 saturated carbocycles. The number of carbonyl (C=O) groups excluding carboxylic acids is 1. The maximum atomic E-state index is 12.0. The summed E-state index contributed by atoms with van der Waals surface area (Å²) in [5.74, 6) is 1.21. The molecular weight excluding hydrogens is 304 g/mol. The molecule has 1 heterocycles. The molecule has 2 unspecified atom stereocenters. The Hall–Kier alpha value is -1.59. The van der Waals surface area contributed by atoms with Crippen molar-refractivity contribution >= 4 is 5.91 Å². The van der Waals surface area contributed by atoms with Crippen molar-refractivity contribution in [2.75, 3.05) is 32.8 Å². The molecule has 0 spiro atoms. The van der Waals surface area contributed by atoms with E-state index >= 15 is 0 Å². The summed E-state index contributed by atoms with van der Waals surface area (Å²) < 4.78 is 5.67. The maximum absolute atomic E-state index is 12.0. The molecule has 2 atom stereocenters. The van der Waals surface area contributed by atoms with E-state index in [0.717, 1.165) is 38.1 Å². The second-order valence-electron chi connectivity index (χ2n) is 6.75. The summed E-state index contributed by atoms with van der Waals surface area (Å²) in [6.45, 7) is 7.25. The van der Waals surface area contributed by atoms with E-state index in [1.165, 1.54) is 5.56 Å². The fourth-order valence-corrected chi connectivity index (χ4v) is 3.08. The first-order valence-corrected chi connectivity index (χ1v) is 8.91. The summed E-state index contributed by atoms with van der Waals surface area (Å²) in [4.78, 5) is 14.1. The van der Waals surface area contributed by atoms with Crippen LogP contribution in [0, 0.1) is 12.8 Å². The van der Waals surface area contributed by atoms with Crippen molar-refractivity contribution in [1.29, 1.82) is 0 Å². The molecule has 24 heavy (non-hydrogen) atoms. The summed E-state index contributed by atoms with van der Waals surface area (Å²) in [5, 5.41) is 12.6. The van der Waals surface area contributed by atoms with Crippen molar-refractivity contribution in [3.8, 4) is 5.75 Å². The molecule has 1 amide bonds. The largest absolute Gasteiger partial charge is 0.494 e. The van der Waals surface area contributed by atoms with Crippen molar-refractivity contribution in [3.63, 3.8) is 0 Å². The Labute approximate surface area is 145 Å². The first-order valence-electron chi connectivity index (χ1n) is 8.91. The highest BCUT2D eigenvalue weighted by Crippen LogP contribution is 2.19. The number of aryl methyl sites for hydroxylation is 1. The molecule has 134 valence electrons. The van der Waals surface area contributed by atoms with E-state index < -0.39 is 0 Å². The Bertz CT molecular complexity index is 519. The van der Waals surface area contributed by atoms with Gasteiger partial charge in [0.05, 0.1) is 19.3 Å². The van der Waals surface area contributed by atoms with Crippen molar-refractivity contribution in [2.45, 2.75) is 39.2 Å². The molecule has 1 aromatic rings. The number of hydrogen-bond donors (Lipinski definition) is 2. The van der Waals surface area contributed by atoms with Gasteiger partial charge in [-0.25, -0.2) is 0 Å². The number of rotatable bonds is 8. The van der Waals surface area contributed by atoms with Crippen LogP contribution in [0.1, 0.15) is 31.7 Å². The van der Waals surface area contributed by atoms with Gasteiger partial charge in [-0.05, 0) is 63.3 Å². The lowest BCUT2D eigenvalue weighted by molar-refractivity contribution is -0.122. The quantitative estimate of drug-likeness (QED) is 0.714. The lowest BCUT2D eigenvalue weighted by atomic mass is 9.93. The van der Waals surface area contributed by atoms with Gasteiger partial charge in [-0.15, -0.1) is 0 Å². The van der Waals surface area contributed by atoms with Gasteiger partial charge in [0, 0.05) is 13.1 Å². The highest BCUT2D eigenvalue weighted by atomic mass is 16.5. The van der Waals surface area contributed by atoms with Crippen LogP contribution in [0.4, 0.5) is 0 Å². The minimum absolute atomic E-state index is 0.0526. The summed E-state index contributed by atoms with van der Waals surface area (Å²) in [6.07, 6.45) is 2.59. The van der Waals surface area contributed by atoms with Gasteiger partial charge in [-0.2, -0.15) is 0 Å². The number of ether oxygens (including phenoxy) is 1. The fraction of sp³-hybridized carbons (Fsp3) is 0.632. The van der Waals surface area contributed by atoms with Crippen molar-refractivity contribution < 1.29 is 14.6 Å². The van der Waals surface area contributed by atoms with E-state index in [9.17, 15) is 9.90 Å². The molecule has 5 nitrogen and oxygen atoms in total. The molecule has 0 aliphatic carbocycles. The molecule has 1 fully saturated rings. The molecular formula is C19H30N2O3. The van der Waals surface area contributed by atoms with Gasteiger partial charge < -0.3 is 15.2 Å². The van der Waals surface area contributed by atoms with Gasteiger partial charge >= 0.3 is 0 Å². The minimum Gasteiger partial charge on any atom is -0.494 e. The van der Waals surface area contributed by atoms with Crippen LogP contribution in [0.25, 0.3) is 0 Å². The first-order chi connectivity index (χ1) is 11.5. The van der Waals surface area contributed by atoms with E-state index in [1.807, 2.05) is 38.1 Å². The van der Waals surface area contributed by atoms with E-state index in [1.54, 1.807) is 0 Å². The topological polar surface area (TPSA) is 61.8 Å². The van der Waals surface area contributed by atoms with Gasteiger partial charge in [0.25, 0.3) is 0 Å². The smallest absolute Gasteiger partial charge is 0.234 e. The first kappa shape index (κ1) is 18.7. The highest BCUT2D eigenvalue weighted by molar-refractivity contribution is 5.77. The molecule has 0 bridgehead atoms.